The van der Waals surface area contributed by atoms with Crippen molar-refractivity contribution < 1.29 is 18.4 Å². The molecule has 1 aliphatic rings. The minimum Gasteiger partial charge on any atom is -0.372 e. The van der Waals surface area contributed by atoms with Gasteiger partial charge in [-0.2, -0.15) is 0 Å². The molecule has 2 atom stereocenters. The topological polar surface area (TPSA) is 67.6 Å². The summed E-state index contributed by atoms with van der Waals surface area (Å²) in [6.07, 6.45) is 0.332. The van der Waals surface area contributed by atoms with Gasteiger partial charge in [-0.3, -0.25) is 4.79 Å². The summed E-state index contributed by atoms with van der Waals surface area (Å²) in [7, 11) is 0. The van der Waals surface area contributed by atoms with Gasteiger partial charge in [0.2, 0.25) is 5.91 Å². The van der Waals surface area contributed by atoms with Crippen LogP contribution in [0.1, 0.15) is 36.4 Å². The Morgan fingerprint density at radius 1 is 1.30 bits per heavy atom. The molecule has 27 heavy (non-hydrogen) atoms. The Balaban J connectivity index is 1.60. The van der Waals surface area contributed by atoms with E-state index in [1.54, 1.807) is 19.9 Å². The molecule has 1 N–H and O–H groups in total. The summed E-state index contributed by atoms with van der Waals surface area (Å²) >= 11 is 0. The van der Waals surface area contributed by atoms with E-state index in [-0.39, 0.29) is 36.9 Å². The first-order valence-electron chi connectivity index (χ1n) is 9.20. The van der Waals surface area contributed by atoms with Crippen LogP contribution in [0.5, 0.6) is 0 Å². The number of anilines is 1. The fourth-order valence-electron chi connectivity index (χ4n) is 3.47. The molecule has 2 unspecified atom stereocenters. The van der Waals surface area contributed by atoms with Gasteiger partial charge in [0.1, 0.15) is 11.6 Å². The molecular formula is C20H26FN3O3. The van der Waals surface area contributed by atoms with Crippen LogP contribution in [0.2, 0.25) is 0 Å². The van der Waals surface area contributed by atoms with Crippen LogP contribution in [-0.4, -0.2) is 36.4 Å². The van der Waals surface area contributed by atoms with E-state index in [0.717, 1.165) is 11.1 Å². The van der Waals surface area contributed by atoms with Gasteiger partial charge in [-0.1, -0.05) is 11.2 Å². The SMILES string of the molecule is Cc1noc(C)c1CC(=O)NCc1ccc(N2CC(C)OC(C)C2)c(F)c1. The largest absolute Gasteiger partial charge is 0.372 e. The van der Waals surface area contributed by atoms with E-state index in [9.17, 15) is 9.18 Å². The first-order chi connectivity index (χ1) is 12.8. The van der Waals surface area contributed by atoms with Gasteiger partial charge in [-0.05, 0) is 45.4 Å². The lowest BCUT2D eigenvalue weighted by atomic mass is 10.1. The number of nitrogens with zero attached hydrogens (tertiary/aromatic N) is 2. The van der Waals surface area contributed by atoms with E-state index < -0.39 is 0 Å². The maximum Gasteiger partial charge on any atom is 0.224 e. The fraction of sp³-hybridized carbons (Fsp3) is 0.500. The zero-order valence-electron chi connectivity index (χ0n) is 16.2. The molecule has 146 valence electrons. The van der Waals surface area contributed by atoms with Crippen molar-refractivity contribution in [2.75, 3.05) is 18.0 Å². The van der Waals surface area contributed by atoms with E-state index in [1.165, 1.54) is 6.07 Å². The van der Waals surface area contributed by atoms with Crippen molar-refractivity contribution in [1.29, 1.82) is 0 Å². The van der Waals surface area contributed by atoms with E-state index in [4.69, 9.17) is 9.26 Å². The van der Waals surface area contributed by atoms with Gasteiger partial charge in [0.05, 0.1) is 30.0 Å². The number of aromatic nitrogens is 1. The number of nitrogens with one attached hydrogen (secondary N) is 1. The van der Waals surface area contributed by atoms with Crippen LogP contribution >= 0.6 is 0 Å². The predicted octanol–water partition coefficient (Wildman–Crippen LogP) is 2.90. The van der Waals surface area contributed by atoms with Gasteiger partial charge >= 0.3 is 0 Å². The first-order valence-corrected chi connectivity index (χ1v) is 9.20. The van der Waals surface area contributed by atoms with Crippen molar-refractivity contribution in [3.63, 3.8) is 0 Å². The lowest BCUT2D eigenvalue weighted by Crippen LogP contribution is -2.45. The molecule has 2 heterocycles. The number of hydrogen-bond acceptors (Lipinski definition) is 5. The second-order valence-corrected chi connectivity index (χ2v) is 7.20. The van der Waals surface area contributed by atoms with Crippen molar-refractivity contribution in [2.45, 2.75) is 52.9 Å². The summed E-state index contributed by atoms with van der Waals surface area (Å²) in [5.41, 5.74) is 2.80. The maximum absolute atomic E-state index is 14.6. The van der Waals surface area contributed by atoms with Gasteiger partial charge in [-0.15, -0.1) is 0 Å². The lowest BCUT2D eigenvalue weighted by Gasteiger charge is -2.37. The van der Waals surface area contributed by atoms with E-state index >= 15 is 0 Å². The van der Waals surface area contributed by atoms with Gasteiger partial charge in [0, 0.05) is 25.2 Å². The van der Waals surface area contributed by atoms with Crippen LogP contribution in [0.25, 0.3) is 0 Å². The molecule has 1 aliphatic heterocycles. The van der Waals surface area contributed by atoms with E-state index in [0.29, 0.717) is 30.2 Å². The average molecular weight is 375 g/mol. The molecule has 1 amide bonds. The Bertz CT molecular complexity index is 791. The quantitative estimate of drug-likeness (QED) is 0.870. The molecule has 0 bridgehead atoms. The molecule has 1 saturated heterocycles. The number of rotatable bonds is 5. The van der Waals surface area contributed by atoms with E-state index in [2.05, 4.69) is 10.5 Å². The highest BCUT2D eigenvalue weighted by atomic mass is 19.1. The van der Waals surface area contributed by atoms with Crippen molar-refractivity contribution in [3.8, 4) is 0 Å². The van der Waals surface area contributed by atoms with Crippen molar-refractivity contribution in [3.05, 3.63) is 46.6 Å². The number of amides is 1. The number of halogens is 1. The normalized spacial score (nSPS) is 20.0. The van der Waals surface area contributed by atoms with Crippen molar-refractivity contribution in [1.82, 2.24) is 10.5 Å². The highest BCUT2D eigenvalue weighted by Crippen LogP contribution is 2.24. The fourth-order valence-corrected chi connectivity index (χ4v) is 3.47. The molecule has 6 nitrogen and oxygen atoms in total. The molecule has 1 aromatic carbocycles. The third kappa shape index (κ3) is 4.66. The van der Waals surface area contributed by atoms with E-state index in [1.807, 2.05) is 24.8 Å². The minimum absolute atomic E-state index is 0.0661. The number of carbonyl (C=O) groups is 1. The summed E-state index contributed by atoms with van der Waals surface area (Å²) < 4.78 is 25.4. The summed E-state index contributed by atoms with van der Waals surface area (Å²) in [4.78, 5) is 14.2. The van der Waals surface area contributed by atoms with Gasteiger partial charge in [0.25, 0.3) is 0 Å². The minimum atomic E-state index is -0.284. The molecule has 1 fully saturated rings. The number of carbonyl (C=O) groups excluding carboxylic acids is 1. The third-order valence-corrected chi connectivity index (χ3v) is 4.78. The zero-order valence-corrected chi connectivity index (χ0v) is 16.2. The van der Waals surface area contributed by atoms with Crippen LogP contribution < -0.4 is 10.2 Å². The summed E-state index contributed by atoms with van der Waals surface area (Å²) in [6.45, 7) is 9.16. The lowest BCUT2D eigenvalue weighted by molar-refractivity contribution is -0.120. The smallest absolute Gasteiger partial charge is 0.224 e. The second kappa shape index (κ2) is 8.08. The van der Waals surface area contributed by atoms with Crippen LogP contribution in [-0.2, 0) is 22.5 Å². The molecule has 3 rings (SSSR count). The molecule has 0 radical (unpaired) electrons. The van der Waals surface area contributed by atoms with Gasteiger partial charge < -0.3 is 19.5 Å². The Morgan fingerprint density at radius 3 is 2.59 bits per heavy atom. The number of morpholine rings is 1. The molecular weight excluding hydrogens is 349 g/mol. The highest BCUT2D eigenvalue weighted by Gasteiger charge is 2.24. The first kappa shape index (κ1) is 19.4. The summed E-state index contributed by atoms with van der Waals surface area (Å²) in [5.74, 6) is 0.213. The molecule has 0 aliphatic carbocycles. The number of hydrogen-bond donors (Lipinski definition) is 1. The van der Waals surface area contributed by atoms with Crippen LogP contribution in [0, 0.1) is 19.7 Å². The third-order valence-electron chi connectivity index (χ3n) is 4.78. The monoisotopic (exact) mass is 375 g/mol. The standard InChI is InChI=1S/C20H26FN3O3/c1-12-10-24(11-13(2)26-12)19-6-5-16(7-18(19)21)9-22-20(25)8-17-14(3)23-27-15(17)4/h5-7,12-13H,8-11H2,1-4H3,(H,22,25). The Labute approximate surface area is 158 Å². The Kier molecular flexibility index (Phi) is 5.79. The maximum atomic E-state index is 14.6. The van der Waals surface area contributed by atoms with Crippen LogP contribution in [0.15, 0.2) is 22.7 Å². The van der Waals surface area contributed by atoms with Crippen LogP contribution in [0.4, 0.5) is 10.1 Å². The number of aryl methyl sites for hydroxylation is 2. The van der Waals surface area contributed by atoms with Gasteiger partial charge in [0.15, 0.2) is 0 Å². The number of ether oxygens (including phenoxy) is 1. The molecule has 1 aromatic heterocycles. The Hall–Kier alpha value is -2.41. The summed E-state index contributed by atoms with van der Waals surface area (Å²) in [6, 6.07) is 5.10. The molecule has 0 saturated carbocycles. The predicted molar refractivity (Wildman–Crippen MR) is 100 cm³/mol. The second-order valence-electron chi connectivity index (χ2n) is 7.20. The average Bonchev–Trinajstić information content (AvgIpc) is 2.91. The highest BCUT2D eigenvalue weighted by molar-refractivity contribution is 5.79. The van der Waals surface area contributed by atoms with Gasteiger partial charge in [-0.25, -0.2) is 4.39 Å². The summed E-state index contributed by atoms with van der Waals surface area (Å²) in [5, 5.41) is 6.67. The molecule has 7 heteroatoms. The Morgan fingerprint density at radius 2 is 2.00 bits per heavy atom. The molecule has 2 aromatic rings. The zero-order chi connectivity index (χ0) is 19.6. The molecule has 0 spiro atoms. The van der Waals surface area contributed by atoms with Crippen molar-refractivity contribution in [2.24, 2.45) is 0 Å². The van der Waals surface area contributed by atoms with Crippen LogP contribution in [0.3, 0.4) is 0 Å². The number of benzene rings is 1. The van der Waals surface area contributed by atoms with Crippen molar-refractivity contribution >= 4 is 11.6 Å².